The lowest BCUT2D eigenvalue weighted by Crippen LogP contribution is -1.93. The Kier molecular flexibility index (Phi) is 2.05. The van der Waals surface area contributed by atoms with E-state index in [1.807, 2.05) is 6.92 Å². The van der Waals surface area contributed by atoms with Crippen molar-refractivity contribution in [3.05, 3.63) is 48.0 Å². The third-order valence-electron chi connectivity index (χ3n) is 2.53. The SMILES string of the molecule is C=C(C)c1cccc(C2=CCC2)c1. The Morgan fingerprint density at radius 3 is 2.69 bits per heavy atom. The molecule has 0 fully saturated rings. The van der Waals surface area contributed by atoms with Gasteiger partial charge in [0.25, 0.3) is 0 Å². The number of rotatable bonds is 2. The van der Waals surface area contributed by atoms with Gasteiger partial charge in [0.05, 0.1) is 0 Å². The Labute approximate surface area is 79.6 Å². The predicted molar refractivity (Wildman–Crippen MR) is 58.4 cm³/mol. The van der Waals surface area contributed by atoms with Gasteiger partial charge >= 0.3 is 0 Å². The molecule has 66 valence electrons. The lowest BCUT2D eigenvalue weighted by molar-refractivity contribution is 0.988. The highest BCUT2D eigenvalue weighted by Crippen LogP contribution is 2.29. The van der Waals surface area contributed by atoms with Gasteiger partial charge in [-0.3, -0.25) is 0 Å². The van der Waals surface area contributed by atoms with E-state index in [-0.39, 0.29) is 0 Å². The smallest absolute Gasteiger partial charge is 0.0222 e. The molecule has 0 atom stereocenters. The number of hydrogen-bond acceptors (Lipinski definition) is 0. The van der Waals surface area contributed by atoms with Crippen molar-refractivity contribution in [1.29, 1.82) is 0 Å². The molecule has 0 aliphatic heterocycles. The van der Waals surface area contributed by atoms with Crippen LogP contribution in [0.15, 0.2) is 36.9 Å². The van der Waals surface area contributed by atoms with Gasteiger partial charge in [-0.1, -0.05) is 36.4 Å². The van der Waals surface area contributed by atoms with Gasteiger partial charge in [-0.25, -0.2) is 0 Å². The van der Waals surface area contributed by atoms with E-state index in [2.05, 4.69) is 36.9 Å². The highest BCUT2D eigenvalue weighted by atomic mass is 14.1. The summed E-state index contributed by atoms with van der Waals surface area (Å²) in [5.74, 6) is 0. The average Bonchev–Trinajstić information content (AvgIpc) is 2.01. The first-order chi connectivity index (χ1) is 6.27. The summed E-state index contributed by atoms with van der Waals surface area (Å²) in [4.78, 5) is 0. The van der Waals surface area contributed by atoms with E-state index in [0.717, 1.165) is 5.57 Å². The van der Waals surface area contributed by atoms with Crippen LogP contribution in [-0.4, -0.2) is 0 Å². The summed E-state index contributed by atoms with van der Waals surface area (Å²) in [6, 6.07) is 8.63. The van der Waals surface area contributed by atoms with Crippen LogP contribution >= 0.6 is 0 Å². The van der Waals surface area contributed by atoms with Crippen molar-refractivity contribution in [1.82, 2.24) is 0 Å². The lowest BCUT2D eigenvalue weighted by Gasteiger charge is -2.15. The van der Waals surface area contributed by atoms with E-state index >= 15 is 0 Å². The maximum Gasteiger partial charge on any atom is -0.0222 e. The molecule has 0 saturated carbocycles. The molecule has 0 aromatic heterocycles. The van der Waals surface area contributed by atoms with Gasteiger partial charge in [-0.05, 0) is 42.5 Å². The van der Waals surface area contributed by atoms with Crippen LogP contribution in [-0.2, 0) is 0 Å². The molecular formula is C13H14. The Morgan fingerprint density at radius 1 is 1.38 bits per heavy atom. The second kappa shape index (κ2) is 3.21. The molecule has 1 aromatic rings. The van der Waals surface area contributed by atoms with Gasteiger partial charge < -0.3 is 0 Å². The highest BCUT2D eigenvalue weighted by Gasteiger charge is 2.08. The fourth-order valence-corrected chi connectivity index (χ4v) is 1.54. The molecule has 0 nitrogen and oxygen atoms in total. The minimum absolute atomic E-state index is 1.14. The van der Waals surface area contributed by atoms with Crippen molar-refractivity contribution in [2.75, 3.05) is 0 Å². The average molecular weight is 170 g/mol. The molecule has 0 spiro atoms. The van der Waals surface area contributed by atoms with E-state index < -0.39 is 0 Å². The Morgan fingerprint density at radius 2 is 2.15 bits per heavy atom. The summed E-state index contributed by atoms with van der Waals surface area (Å²) < 4.78 is 0. The van der Waals surface area contributed by atoms with Gasteiger partial charge in [0.15, 0.2) is 0 Å². The first-order valence-corrected chi connectivity index (χ1v) is 4.73. The number of benzene rings is 1. The molecule has 0 amide bonds. The molecule has 1 aromatic carbocycles. The van der Waals surface area contributed by atoms with Crippen LogP contribution in [0.5, 0.6) is 0 Å². The van der Waals surface area contributed by atoms with Crippen LogP contribution in [0.3, 0.4) is 0 Å². The summed E-state index contributed by atoms with van der Waals surface area (Å²) in [5.41, 5.74) is 5.25. The van der Waals surface area contributed by atoms with E-state index in [9.17, 15) is 0 Å². The number of allylic oxidation sites excluding steroid dienone is 3. The molecule has 0 heteroatoms. The predicted octanol–water partition coefficient (Wildman–Crippen LogP) is 3.90. The largest absolute Gasteiger partial charge is 0.0955 e. The summed E-state index contributed by atoms with van der Waals surface area (Å²) in [6.07, 6.45) is 4.78. The maximum absolute atomic E-state index is 3.95. The van der Waals surface area contributed by atoms with Crippen LogP contribution in [0.2, 0.25) is 0 Å². The minimum Gasteiger partial charge on any atom is -0.0955 e. The van der Waals surface area contributed by atoms with Crippen molar-refractivity contribution in [2.45, 2.75) is 19.8 Å². The normalized spacial score (nSPS) is 14.7. The van der Waals surface area contributed by atoms with Crippen LogP contribution in [0, 0.1) is 0 Å². The van der Waals surface area contributed by atoms with Crippen molar-refractivity contribution < 1.29 is 0 Å². The highest BCUT2D eigenvalue weighted by molar-refractivity contribution is 5.73. The van der Waals surface area contributed by atoms with E-state index in [1.54, 1.807) is 0 Å². The van der Waals surface area contributed by atoms with Gasteiger partial charge in [-0.2, -0.15) is 0 Å². The zero-order chi connectivity index (χ0) is 9.26. The Hall–Kier alpha value is -1.30. The van der Waals surface area contributed by atoms with Crippen molar-refractivity contribution in [3.8, 4) is 0 Å². The van der Waals surface area contributed by atoms with Crippen molar-refractivity contribution in [3.63, 3.8) is 0 Å². The summed E-state index contributed by atoms with van der Waals surface area (Å²) in [6.45, 7) is 6.00. The molecule has 2 rings (SSSR count). The van der Waals surface area contributed by atoms with Crippen LogP contribution in [0.25, 0.3) is 11.1 Å². The standard InChI is InChI=1S/C13H14/c1-10(2)12-7-4-8-13(9-12)11-5-3-6-11/h4-5,7-9H,1,3,6H2,2H3. The topological polar surface area (TPSA) is 0 Å². The molecule has 0 bridgehead atoms. The second-order valence-electron chi connectivity index (χ2n) is 3.63. The second-order valence-corrected chi connectivity index (χ2v) is 3.63. The first kappa shape index (κ1) is 8.31. The first-order valence-electron chi connectivity index (χ1n) is 4.73. The third-order valence-corrected chi connectivity index (χ3v) is 2.53. The van der Waals surface area contributed by atoms with E-state index in [1.165, 1.54) is 29.5 Å². The fourth-order valence-electron chi connectivity index (χ4n) is 1.54. The summed E-state index contributed by atoms with van der Waals surface area (Å²) >= 11 is 0. The van der Waals surface area contributed by atoms with E-state index in [4.69, 9.17) is 0 Å². The van der Waals surface area contributed by atoms with Crippen LogP contribution in [0.1, 0.15) is 30.9 Å². The molecule has 1 aliphatic rings. The zero-order valence-electron chi connectivity index (χ0n) is 8.01. The van der Waals surface area contributed by atoms with E-state index in [0.29, 0.717) is 0 Å². The zero-order valence-corrected chi connectivity index (χ0v) is 8.01. The molecule has 0 heterocycles. The maximum atomic E-state index is 3.95. The quantitative estimate of drug-likeness (QED) is 0.631. The molecule has 0 N–H and O–H groups in total. The van der Waals surface area contributed by atoms with Gasteiger partial charge in [0.2, 0.25) is 0 Å². The molecule has 1 aliphatic carbocycles. The minimum atomic E-state index is 1.14. The molecular weight excluding hydrogens is 156 g/mol. The Bertz CT molecular complexity index is 369. The molecule has 0 radical (unpaired) electrons. The van der Waals surface area contributed by atoms with Crippen molar-refractivity contribution >= 4 is 11.1 Å². The summed E-state index contributed by atoms with van der Waals surface area (Å²) in [5, 5.41) is 0. The fraction of sp³-hybridized carbons (Fsp3) is 0.231. The van der Waals surface area contributed by atoms with Gasteiger partial charge in [-0.15, -0.1) is 0 Å². The van der Waals surface area contributed by atoms with Gasteiger partial charge in [0.1, 0.15) is 0 Å². The lowest BCUT2D eigenvalue weighted by atomic mass is 9.90. The number of hydrogen-bond donors (Lipinski definition) is 0. The van der Waals surface area contributed by atoms with Crippen molar-refractivity contribution in [2.24, 2.45) is 0 Å². The molecule has 0 unspecified atom stereocenters. The molecule has 13 heavy (non-hydrogen) atoms. The third kappa shape index (κ3) is 1.57. The monoisotopic (exact) mass is 170 g/mol. The Balaban J connectivity index is 2.37. The van der Waals surface area contributed by atoms with Gasteiger partial charge in [0, 0.05) is 0 Å². The molecule has 0 saturated heterocycles. The van der Waals surface area contributed by atoms with Crippen LogP contribution in [0.4, 0.5) is 0 Å². The van der Waals surface area contributed by atoms with Crippen LogP contribution < -0.4 is 0 Å². The summed E-state index contributed by atoms with van der Waals surface area (Å²) in [7, 11) is 0.